The van der Waals surface area contributed by atoms with Crippen LogP contribution in [0, 0.1) is 0 Å². The van der Waals surface area contributed by atoms with Gasteiger partial charge in [0.15, 0.2) is 5.82 Å². The third-order valence-corrected chi connectivity index (χ3v) is 3.47. The second-order valence-corrected chi connectivity index (χ2v) is 4.92. The maximum Gasteiger partial charge on any atom is 0.217 e. The molecular weight excluding hydrogens is 256 g/mol. The van der Waals surface area contributed by atoms with Crippen molar-refractivity contribution in [3.8, 4) is 16.6 Å². The number of benzene rings is 1. The van der Waals surface area contributed by atoms with E-state index in [0.29, 0.717) is 18.3 Å². The predicted octanol–water partition coefficient (Wildman–Crippen LogP) is 3.78. The van der Waals surface area contributed by atoms with E-state index in [1.54, 1.807) is 23.6 Å². The number of thiophene rings is 1. The number of rotatable bonds is 4. The minimum Gasteiger partial charge on any atom is -0.473 e. The van der Waals surface area contributed by atoms with E-state index in [1.165, 1.54) is 0 Å². The zero-order valence-electron chi connectivity index (χ0n) is 10.2. The van der Waals surface area contributed by atoms with Crippen molar-refractivity contribution < 1.29 is 4.74 Å². The van der Waals surface area contributed by atoms with Crippen molar-refractivity contribution in [2.75, 3.05) is 0 Å². The number of nitrogens with zero attached hydrogens (tertiary/aromatic N) is 2. The lowest BCUT2D eigenvalue weighted by Crippen LogP contribution is -1.98. The molecule has 3 rings (SSSR count). The highest BCUT2D eigenvalue weighted by Crippen LogP contribution is 2.22. The molecule has 2 heterocycles. The van der Waals surface area contributed by atoms with Gasteiger partial charge in [0.1, 0.15) is 6.61 Å². The molecule has 0 bridgehead atoms. The van der Waals surface area contributed by atoms with Crippen molar-refractivity contribution in [1.82, 2.24) is 9.97 Å². The van der Waals surface area contributed by atoms with Gasteiger partial charge >= 0.3 is 0 Å². The van der Waals surface area contributed by atoms with E-state index in [4.69, 9.17) is 4.74 Å². The maximum atomic E-state index is 5.68. The third-order valence-electron chi connectivity index (χ3n) is 2.60. The van der Waals surface area contributed by atoms with Crippen molar-refractivity contribution >= 4 is 11.3 Å². The second-order valence-electron chi connectivity index (χ2n) is 3.97. The van der Waals surface area contributed by atoms with Crippen LogP contribution in [0.4, 0.5) is 0 Å². The summed E-state index contributed by atoms with van der Waals surface area (Å²) in [5.74, 6) is 1.31. The minimum absolute atomic E-state index is 0.516. The summed E-state index contributed by atoms with van der Waals surface area (Å²) in [5.41, 5.74) is 1.12. The van der Waals surface area contributed by atoms with Crippen LogP contribution < -0.4 is 4.74 Å². The van der Waals surface area contributed by atoms with Crippen LogP contribution in [-0.4, -0.2) is 9.97 Å². The molecule has 0 saturated heterocycles. The molecule has 3 aromatic rings. The fourth-order valence-electron chi connectivity index (χ4n) is 1.68. The Morgan fingerprint density at radius 3 is 2.68 bits per heavy atom. The summed E-state index contributed by atoms with van der Waals surface area (Å²) in [7, 11) is 0. The van der Waals surface area contributed by atoms with E-state index >= 15 is 0 Å². The highest BCUT2D eigenvalue weighted by atomic mass is 32.1. The van der Waals surface area contributed by atoms with Crippen LogP contribution in [0.15, 0.2) is 60.1 Å². The molecule has 94 valence electrons. The SMILES string of the molecule is c1ccc(COc2ccnc(-c3cccs3)n2)cc1. The molecule has 0 aliphatic rings. The highest BCUT2D eigenvalue weighted by Gasteiger charge is 2.04. The highest BCUT2D eigenvalue weighted by molar-refractivity contribution is 7.13. The largest absolute Gasteiger partial charge is 0.473 e. The number of hydrogen-bond donors (Lipinski definition) is 0. The van der Waals surface area contributed by atoms with Gasteiger partial charge in [0.25, 0.3) is 0 Å². The van der Waals surface area contributed by atoms with Gasteiger partial charge in [0.05, 0.1) is 4.88 Å². The summed E-state index contributed by atoms with van der Waals surface area (Å²) in [4.78, 5) is 9.71. The smallest absolute Gasteiger partial charge is 0.217 e. The lowest BCUT2D eigenvalue weighted by atomic mass is 10.2. The van der Waals surface area contributed by atoms with Crippen molar-refractivity contribution in [3.63, 3.8) is 0 Å². The van der Waals surface area contributed by atoms with Gasteiger partial charge in [-0.3, -0.25) is 0 Å². The molecule has 0 atom stereocenters. The molecule has 0 aliphatic carbocycles. The summed E-state index contributed by atoms with van der Waals surface area (Å²) in [6.45, 7) is 0.516. The summed E-state index contributed by atoms with van der Waals surface area (Å²) in [6, 6.07) is 15.8. The third kappa shape index (κ3) is 2.98. The first-order chi connectivity index (χ1) is 9.42. The van der Waals surface area contributed by atoms with Gasteiger partial charge in [-0.05, 0) is 17.0 Å². The van der Waals surface area contributed by atoms with Gasteiger partial charge in [-0.1, -0.05) is 36.4 Å². The first kappa shape index (κ1) is 11.9. The summed E-state index contributed by atoms with van der Waals surface area (Å²) >= 11 is 1.62. The molecule has 2 aromatic heterocycles. The quantitative estimate of drug-likeness (QED) is 0.722. The van der Waals surface area contributed by atoms with Crippen LogP contribution in [0.5, 0.6) is 5.88 Å². The van der Waals surface area contributed by atoms with Crippen LogP contribution >= 0.6 is 11.3 Å². The summed E-state index contributed by atoms with van der Waals surface area (Å²) in [5, 5.41) is 2.01. The van der Waals surface area contributed by atoms with Gasteiger partial charge < -0.3 is 4.74 Å². The Balaban J connectivity index is 1.74. The first-order valence-corrected chi connectivity index (χ1v) is 6.83. The standard InChI is InChI=1S/C15H12N2OS/c1-2-5-12(6-3-1)11-18-14-8-9-16-15(17-14)13-7-4-10-19-13/h1-10H,11H2. The van der Waals surface area contributed by atoms with Gasteiger partial charge in [-0.2, -0.15) is 4.98 Å². The van der Waals surface area contributed by atoms with Crippen LogP contribution in [0.2, 0.25) is 0 Å². The molecule has 0 amide bonds. The molecule has 0 aliphatic heterocycles. The zero-order valence-corrected chi connectivity index (χ0v) is 11.0. The van der Waals surface area contributed by atoms with Crippen LogP contribution in [0.1, 0.15) is 5.56 Å². The Labute approximate surface area is 115 Å². The topological polar surface area (TPSA) is 35.0 Å². The molecule has 0 saturated carbocycles. The van der Waals surface area contributed by atoms with E-state index in [-0.39, 0.29) is 0 Å². The van der Waals surface area contributed by atoms with Gasteiger partial charge in [-0.25, -0.2) is 4.98 Å². The Morgan fingerprint density at radius 1 is 1.00 bits per heavy atom. The van der Waals surface area contributed by atoms with E-state index in [9.17, 15) is 0 Å². The molecule has 19 heavy (non-hydrogen) atoms. The molecule has 0 N–H and O–H groups in total. The Kier molecular flexibility index (Phi) is 3.51. The van der Waals surface area contributed by atoms with Crippen LogP contribution in [-0.2, 0) is 6.61 Å². The van der Waals surface area contributed by atoms with E-state index in [1.807, 2.05) is 47.8 Å². The summed E-state index contributed by atoms with van der Waals surface area (Å²) < 4.78 is 5.68. The minimum atomic E-state index is 0.516. The second kappa shape index (κ2) is 5.63. The Bertz CT molecular complexity index is 638. The zero-order chi connectivity index (χ0) is 12.9. The molecule has 0 fully saturated rings. The van der Waals surface area contributed by atoms with Crippen molar-refractivity contribution in [1.29, 1.82) is 0 Å². The fourth-order valence-corrected chi connectivity index (χ4v) is 2.34. The van der Waals surface area contributed by atoms with E-state index in [0.717, 1.165) is 10.4 Å². The lowest BCUT2D eigenvalue weighted by molar-refractivity contribution is 0.293. The molecule has 3 nitrogen and oxygen atoms in total. The monoisotopic (exact) mass is 268 g/mol. The summed E-state index contributed by atoms with van der Waals surface area (Å²) in [6.07, 6.45) is 1.72. The lowest BCUT2D eigenvalue weighted by Gasteiger charge is -2.05. The maximum absolute atomic E-state index is 5.68. The normalized spacial score (nSPS) is 10.3. The van der Waals surface area contributed by atoms with Crippen LogP contribution in [0.3, 0.4) is 0 Å². The predicted molar refractivity (Wildman–Crippen MR) is 76.1 cm³/mol. The fraction of sp³-hybridized carbons (Fsp3) is 0.0667. The van der Waals surface area contributed by atoms with Crippen molar-refractivity contribution in [2.45, 2.75) is 6.61 Å². The number of aromatic nitrogens is 2. The van der Waals surface area contributed by atoms with Gasteiger partial charge in [0.2, 0.25) is 5.88 Å². The average Bonchev–Trinajstić information content (AvgIpc) is 3.01. The van der Waals surface area contributed by atoms with Crippen molar-refractivity contribution in [3.05, 3.63) is 65.7 Å². The molecule has 4 heteroatoms. The molecule has 1 aromatic carbocycles. The Morgan fingerprint density at radius 2 is 1.89 bits per heavy atom. The Hall–Kier alpha value is -2.20. The average molecular weight is 268 g/mol. The van der Waals surface area contributed by atoms with Gasteiger partial charge in [-0.15, -0.1) is 11.3 Å². The first-order valence-electron chi connectivity index (χ1n) is 5.95. The van der Waals surface area contributed by atoms with Crippen molar-refractivity contribution in [2.24, 2.45) is 0 Å². The van der Waals surface area contributed by atoms with Crippen LogP contribution in [0.25, 0.3) is 10.7 Å². The number of hydrogen-bond acceptors (Lipinski definition) is 4. The van der Waals surface area contributed by atoms with E-state index < -0.39 is 0 Å². The number of ether oxygens (including phenoxy) is 1. The van der Waals surface area contributed by atoms with Gasteiger partial charge in [0, 0.05) is 12.3 Å². The molecule has 0 radical (unpaired) electrons. The van der Waals surface area contributed by atoms with E-state index in [2.05, 4.69) is 9.97 Å². The molecular formula is C15H12N2OS. The molecule has 0 unspecified atom stereocenters. The molecule has 0 spiro atoms.